The third-order valence-electron chi connectivity index (χ3n) is 5.05. The van der Waals surface area contributed by atoms with Gasteiger partial charge in [0.05, 0.1) is 10.5 Å². The van der Waals surface area contributed by atoms with Crippen LogP contribution in [-0.2, 0) is 9.84 Å². The summed E-state index contributed by atoms with van der Waals surface area (Å²) in [6, 6.07) is 16.5. The molecule has 1 heterocycles. The van der Waals surface area contributed by atoms with E-state index in [2.05, 4.69) is 0 Å². The van der Waals surface area contributed by atoms with E-state index >= 15 is 0 Å². The minimum atomic E-state index is -3.40. The maximum atomic E-state index is 14.6. The van der Waals surface area contributed by atoms with Crippen LogP contribution in [0.1, 0.15) is 10.6 Å². The van der Waals surface area contributed by atoms with Gasteiger partial charge in [0.15, 0.2) is 27.3 Å². The first-order valence-electron chi connectivity index (χ1n) is 9.67. The largest absolute Gasteiger partial charge is 0.452 e. The highest BCUT2D eigenvalue weighted by molar-refractivity contribution is 7.90. The normalized spacial score (nSPS) is 11.4. The molecule has 0 atom stereocenters. The molecule has 0 bridgehead atoms. The molecule has 0 radical (unpaired) electrons. The molecule has 0 amide bonds. The predicted octanol–water partition coefficient (Wildman–Crippen LogP) is 5.14. The lowest BCUT2D eigenvalue weighted by molar-refractivity contribution is 0.109. The van der Waals surface area contributed by atoms with Crippen LogP contribution in [0.25, 0.3) is 33.6 Å². The van der Waals surface area contributed by atoms with Crippen molar-refractivity contribution < 1.29 is 26.4 Å². The van der Waals surface area contributed by atoms with E-state index in [1.807, 2.05) is 0 Å². The predicted molar refractivity (Wildman–Crippen MR) is 120 cm³/mol. The SMILES string of the molecule is CS(=O)(=O)c1ccc(-c2ccccc2-c2oc(C=O)cc(=O)c2-c2ccc(F)cc2F)cc1. The topological polar surface area (TPSA) is 81.4 Å². The lowest BCUT2D eigenvalue weighted by atomic mass is 9.93. The van der Waals surface area contributed by atoms with Crippen molar-refractivity contribution in [1.82, 2.24) is 0 Å². The van der Waals surface area contributed by atoms with Crippen molar-refractivity contribution in [3.8, 4) is 33.6 Å². The third kappa shape index (κ3) is 4.38. The molecule has 5 nitrogen and oxygen atoms in total. The van der Waals surface area contributed by atoms with E-state index in [1.165, 1.54) is 12.1 Å². The standard InChI is InChI=1S/C25H16F2O5S/c1-33(30,31)18-9-6-15(7-10-18)19-4-2-3-5-20(19)25-24(23(29)13-17(14-28)32-25)21-11-8-16(26)12-22(21)27/h2-14H,1H3. The van der Waals surface area contributed by atoms with Gasteiger partial charge in [-0.2, -0.15) is 0 Å². The minimum absolute atomic E-state index is 0.0714. The number of hydrogen-bond acceptors (Lipinski definition) is 5. The second-order valence-electron chi connectivity index (χ2n) is 7.30. The summed E-state index contributed by atoms with van der Waals surface area (Å²) in [5.41, 5.74) is 0.489. The van der Waals surface area contributed by atoms with Gasteiger partial charge >= 0.3 is 0 Å². The molecule has 3 aromatic carbocycles. The average molecular weight is 466 g/mol. The van der Waals surface area contributed by atoms with E-state index in [-0.39, 0.29) is 27.5 Å². The van der Waals surface area contributed by atoms with Crippen molar-refractivity contribution in [3.63, 3.8) is 0 Å². The van der Waals surface area contributed by atoms with E-state index in [1.54, 1.807) is 36.4 Å². The Morgan fingerprint density at radius 1 is 0.848 bits per heavy atom. The molecule has 0 spiro atoms. The highest BCUT2D eigenvalue weighted by Crippen LogP contribution is 2.38. The molecule has 0 saturated carbocycles. The van der Waals surface area contributed by atoms with E-state index < -0.39 is 26.9 Å². The van der Waals surface area contributed by atoms with E-state index in [4.69, 9.17) is 4.42 Å². The van der Waals surface area contributed by atoms with Crippen LogP contribution in [0.5, 0.6) is 0 Å². The average Bonchev–Trinajstić information content (AvgIpc) is 2.79. The number of carbonyl (C=O) groups is 1. The fraction of sp³-hybridized carbons (Fsp3) is 0.0400. The fourth-order valence-corrected chi connectivity index (χ4v) is 4.15. The van der Waals surface area contributed by atoms with Gasteiger partial charge in [-0.1, -0.05) is 36.4 Å². The Kier molecular flexibility index (Phi) is 5.78. The molecule has 166 valence electrons. The van der Waals surface area contributed by atoms with Crippen LogP contribution < -0.4 is 5.43 Å². The molecular formula is C25H16F2O5S. The monoisotopic (exact) mass is 466 g/mol. The highest BCUT2D eigenvalue weighted by atomic mass is 32.2. The summed E-state index contributed by atoms with van der Waals surface area (Å²) >= 11 is 0. The van der Waals surface area contributed by atoms with Crippen LogP contribution in [0.4, 0.5) is 8.78 Å². The number of halogens is 2. The molecule has 8 heteroatoms. The summed E-state index contributed by atoms with van der Waals surface area (Å²) < 4.78 is 57.4. The molecule has 0 aliphatic heterocycles. The summed E-state index contributed by atoms with van der Waals surface area (Å²) in [6.45, 7) is 0. The van der Waals surface area contributed by atoms with E-state index in [9.17, 15) is 26.8 Å². The van der Waals surface area contributed by atoms with Crippen molar-refractivity contribution in [2.45, 2.75) is 4.90 Å². The van der Waals surface area contributed by atoms with Gasteiger partial charge in [0.1, 0.15) is 17.4 Å². The van der Waals surface area contributed by atoms with Crippen molar-refractivity contribution in [3.05, 3.63) is 100 Å². The Morgan fingerprint density at radius 2 is 1.52 bits per heavy atom. The zero-order valence-electron chi connectivity index (χ0n) is 17.2. The van der Waals surface area contributed by atoms with Crippen LogP contribution in [0.2, 0.25) is 0 Å². The van der Waals surface area contributed by atoms with Crippen LogP contribution in [-0.4, -0.2) is 21.0 Å². The van der Waals surface area contributed by atoms with Crippen LogP contribution in [0, 0.1) is 11.6 Å². The fourth-order valence-electron chi connectivity index (χ4n) is 3.52. The molecule has 4 rings (SSSR count). The van der Waals surface area contributed by atoms with Crippen molar-refractivity contribution in [2.24, 2.45) is 0 Å². The third-order valence-corrected chi connectivity index (χ3v) is 6.18. The van der Waals surface area contributed by atoms with Crippen LogP contribution in [0.3, 0.4) is 0 Å². The maximum absolute atomic E-state index is 14.6. The molecule has 4 aromatic rings. The van der Waals surface area contributed by atoms with Gasteiger partial charge in [-0.3, -0.25) is 9.59 Å². The lowest BCUT2D eigenvalue weighted by Gasteiger charge is -2.14. The Hall–Kier alpha value is -3.91. The molecule has 0 unspecified atom stereocenters. The smallest absolute Gasteiger partial charge is 0.194 e. The number of rotatable bonds is 5. The summed E-state index contributed by atoms with van der Waals surface area (Å²) in [6.07, 6.45) is 1.46. The number of sulfone groups is 1. The highest BCUT2D eigenvalue weighted by Gasteiger charge is 2.22. The minimum Gasteiger partial charge on any atom is -0.452 e. The maximum Gasteiger partial charge on any atom is 0.194 e. The summed E-state index contributed by atoms with van der Waals surface area (Å²) in [4.78, 5) is 24.4. The molecule has 0 N–H and O–H groups in total. The van der Waals surface area contributed by atoms with Gasteiger partial charge in [-0.25, -0.2) is 17.2 Å². The molecule has 0 fully saturated rings. The van der Waals surface area contributed by atoms with Gasteiger partial charge < -0.3 is 4.42 Å². The molecule has 0 aliphatic carbocycles. The van der Waals surface area contributed by atoms with Gasteiger partial charge in [0.2, 0.25) is 0 Å². The Bertz CT molecular complexity index is 1540. The van der Waals surface area contributed by atoms with Gasteiger partial charge in [0, 0.05) is 29.5 Å². The van der Waals surface area contributed by atoms with Crippen LogP contribution in [0.15, 0.2) is 86.9 Å². The first-order chi connectivity index (χ1) is 15.7. The molecule has 1 aromatic heterocycles. The number of carbonyl (C=O) groups excluding carboxylic acids is 1. The second kappa shape index (κ2) is 8.55. The Balaban J connectivity index is 2.00. The van der Waals surface area contributed by atoms with E-state index in [0.29, 0.717) is 29.0 Å². The molecular weight excluding hydrogens is 450 g/mol. The van der Waals surface area contributed by atoms with Crippen molar-refractivity contribution in [2.75, 3.05) is 6.26 Å². The van der Waals surface area contributed by atoms with Gasteiger partial charge in [-0.05, 0) is 35.4 Å². The summed E-state index contributed by atoms with van der Waals surface area (Å²) in [7, 11) is -3.40. The summed E-state index contributed by atoms with van der Waals surface area (Å²) in [5.74, 6) is -2.10. The number of aldehydes is 1. The Morgan fingerprint density at radius 3 is 2.12 bits per heavy atom. The second-order valence-corrected chi connectivity index (χ2v) is 9.32. The van der Waals surface area contributed by atoms with Gasteiger partial charge in [0.25, 0.3) is 0 Å². The van der Waals surface area contributed by atoms with Crippen molar-refractivity contribution in [1.29, 1.82) is 0 Å². The molecule has 33 heavy (non-hydrogen) atoms. The number of benzene rings is 3. The zero-order chi connectivity index (χ0) is 23.8. The molecule has 0 aliphatic rings. The molecule has 0 saturated heterocycles. The van der Waals surface area contributed by atoms with Gasteiger partial charge in [-0.15, -0.1) is 0 Å². The lowest BCUT2D eigenvalue weighted by Crippen LogP contribution is -2.09. The van der Waals surface area contributed by atoms with E-state index in [0.717, 1.165) is 24.5 Å². The zero-order valence-corrected chi connectivity index (χ0v) is 18.0. The van der Waals surface area contributed by atoms with Crippen molar-refractivity contribution >= 4 is 16.1 Å². The Labute approximate surface area is 187 Å². The quantitative estimate of drug-likeness (QED) is 0.381. The van der Waals surface area contributed by atoms with Crippen LogP contribution >= 0.6 is 0 Å². The summed E-state index contributed by atoms with van der Waals surface area (Å²) in [5, 5.41) is 0. The number of hydrogen-bond donors (Lipinski definition) is 0. The first kappa shape index (κ1) is 22.3. The first-order valence-corrected chi connectivity index (χ1v) is 11.6.